The van der Waals surface area contributed by atoms with Gasteiger partial charge in [0.05, 0.1) is 0 Å². The van der Waals surface area contributed by atoms with Gasteiger partial charge in [-0.25, -0.2) is 14.4 Å². The summed E-state index contributed by atoms with van der Waals surface area (Å²) in [6.45, 7) is 5.23. The summed E-state index contributed by atoms with van der Waals surface area (Å²) in [5, 5.41) is 21.4. The minimum absolute atomic E-state index is 0.490. The molecule has 1 saturated heterocycles. The van der Waals surface area contributed by atoms with Crippen LogP contribution in [0.4, 0.5) is 39.5 Å². The van der Waals surface area contributed by atoms with Crippen molar-refractivity contribution in [3.63, 3.8) is 0 Å². The molecule has 3 aliphatic rings. The van der Waals surface area contributed by atoms with Gasteiger partial charge in [-0.15, -0.1) is 0 Å². The fourth-order valence-corrected chi connectivity index (χ4v) is 3.37. The van der Waals surface area contributed by atoms with E-state index in [1.54, 1.807) is 0 Å². The lowest BCUT2D eigenvalue weighted by Crippen LogP contribution is -2.52. The average Bonchev–Trinajstić information content (AvgIpc) is 3.59. The van der Waals surface area contributed by atoms with Gasteiger partial charge in [0.2, 0.25) is 0 Å². The summed E-state index contributed by atoms with van der Waals surface area (Å²) < 4.78 is 95.2. The molecular formula is C19H28F9N3O6. The Hall–Kier alpha value is -2.34. The van der Waals surface area contributed by atoms with Gasteiger partial charge >= 0.3 is 36.4 Å². The molecule has 37 heavy (non-hydrogen) atoms. The minimum atomic E-state index is -5.08. The van der Waals surface area contributed by atoms with Crippen LogP contribution >= 0.6 is 0 Å². The number of nitrogens with two attached hydrogens (primary N) is 1. The molecule has 218 valence electrons. The molecule has 18 heteroatoms. The predicted molar refractivity (Wildman–Crippen MR) is 107 cm³/mol. The molecule has 2 saturated carbocycles. The van der Waals surface area contributed by atoms with E-state index in [-0.39, 0.29) is 0 Å². The number of rotatable bonds is 2. The van der Waals surface area contributed by atoms with Crippen molar-refractivity contribution in [2.24, 2.45) is 5.73 Å². The maximum Gasteiger partial charge on any atom is 0.490 e. The molecule has 1 heterocycles. The van der Waals surface area contributed by atoms with E-state index in [4.69, 9.17) is 35.4 Å². The predicted octanol–water partition coefficient (Wildman–Crippen LogP) is 2.94. The SMILES string of the molecule is NC1CCC(N2CCN(C3CC3)CC2)CC1.O=C(O)C(F)(F)F.O=C(O)C(F)(F)F.O=C(O)C(F)(F)F. The van der Waals surface area contributed by atoms with E-state index in [0.717, 1.165) is 12.1 Å². The molecular weight excluding hydrogens is 537 g/mol. The number of hydrogen-bond acceptors (Lipinski definition) is 6. The van der Waals surface area contributed by atoms with Crippen LogP contribution in [0.25, 0.3) is 0 Å². The van der Waals surface area contributed by atoms with Gasteiger partial charge in [-0.3, -0.25) is 9.80 Å². The largest absolute Gasteiger partial charge is 0.490 e. The van der Waals surface area contributed by atoms with Gasteiger partial charge in [-0.1, -0.05) is 0 Å². The highest BCUT2D eigenvalue weighted by Crippen LogP contribution is 2.29. The first-order valence-corrected chi connectivity index (χ1v) is 10.8. The third-order valence-corrected chi connectivity index (χ3v) is 5.40. The van der Waals surface area contributed by atoms with Gasteiger partial charge in [-0.2, -0.15) is 39.5 Å². The van der Waals surface area contributed by atoms with E-state index in [1.165, 1.54) is 64.7 Å². The Balaban J connectivity index is 0.000000525. The van der Waals surface area contributed by atoms with Crippen LogP contribution in [-0.2, 0) is 14.4 Å². The van der Waals surface area contributed by atoms with Crippen molar-refractivity contribution >= 4 is 17.9 Å². The van der Waals surface area contributed by atoms with Crippen molar-refractivity contribution in [1.82, 2.24) is 9.80 Å². The van der Waals surface area contributed by atoms with E-state index in [2.05, 4.69) is 9.80 Å². The molecule has 1 aliphatic heterocycles. The van der Waals surface area contributed by atoms with E-state index >= 15 is 0 Å². The second-order valence-electron chi connectivity index (χ2n) is 8.28. The van der Waals surface area contributed by atoms with Crippen LogP contribution in [0, 0.1) is 0 Å². The molecule has 3 fully saturated rings. The molecule has 0 aromatic heterocycles. The molecule has 0 amide bonds. The fourth-order valence-electron chi connectivity index (χ4n) is 3.37. The van der Waals surface area contributed by atoms with Crippen LogP contribution in [0.3, 0.4) is 0 Å². The van der Waals surface area contributed by atoms with Crippen LogP contribution in [-0.4, -0.2) is 106 Å². The number of piperazine rings is 1. The Labute approximate surface area is 205 Å². The molecule has 9 nitrogen and oxygen atoms in total. The zero-order valence-electron chi connectivity index (χ0n) is 19.2. The number of nitrogens with zero attached hydrogens (tertiary/aromatic N) is 2. The monoisotopic (exact) mass is 565 g/mol. The number of halogens is 9. The maximum atomic E-state index is 10.6. The molecule has 0 aromatic rings. The molecule has 0 radical (unpaired) electrons. The Kier molecular flexibility index (Phi) is 13.6. The molecule has 0 spiro atoms. The lowest BCUT2D eigenvalue weighted by atomic mass is 9.90. The highest BCUT2D eigenvalue weighted by atomic mass is 19.4. The molecule has 0 bridgehead atoms. The van der Waals surface area contributed by atoms with E-state index < -0.39 is 36.4 Å². The van der Waals surface area contributed by atoms with Crippen molar-refractivity contribution in [1.29, 1.82) is 0 Å². The summed E-state index contributed by atoms with van der Waals surface area (Å²) in [4.78, 5) is 32.1. The topological polar surface area (TPSA) is 144 Å². The molecule has 0 unspecified atom stereocenters. The van der Waals surface area contributed by atoms with Crippen LogP contribution in [0.2, 0.25) is 0 Å². The summed E-state index contributed by atoms with van der Waals surface area (Å²) in [7, 11) is 0. The smallest absolute Gasteiger partial charge is 0.475 e. The van der Waals surface area contributed by atoms with Gasteiger partial charge in [0.15, 0.2) is 0 Å². The maximum absolute atomic E-state index is 10.6. The molecule has 2 aliphatic carbocycles. The van der Waals surface area contributed by atoms with Gasteiger partial charge in [0, 0.05) is 44.3 Å². The zero-order valence-corrected chi connectivity index (χ0v) is 19.2. The molecule has 5 N–H and O–H groups in total. The molecule has 0 atom stereocenters. The van der Waals surface area contributed by atoms with Crippen LogP contribution in [0.15, 0.2) is 0 Å². The summed E-state index contributed by atoms with van der Waals surface area (Å²) in [5.41, 5.74) is 5.97. The fraction of sp³-hybridized carbons (Fsp3) is 0.842. The van der Waals surface area contributed by atoms with Crippen LogP contribution in [0.1, 0.15) is 38.5 Å². The van der Waals surface area contributed by atoms with E-state index in [9.17, 15) is 39.5 Å². The number of aliphatic carboxylic acids is 3. The summed E-state index contributed by atoms with van der Waals surface area (Å²) in [6.07, 6.45) is -7.17. The normalized spacial score (nSPS) is 23.2. The molecule has 3 rings (SSSR count). The minimum Gasteiger partial charge on any atom is -0.475 e. The second kappa shape index (κ2) is 14.6. The van der Waals surface area contributed by atoms with Crippen molar-refractivity contribution in [2.75, 3.05) is 26.2 Å². The average molecular weight is 565 g/mol. The summed E-state index contributed by atoms with van der Waals surface area (Å²) >= 11 is 0. The highest BCUT2D eigenvalue weighted by Gasteiger charge is 2.39. The van der Waals surface area contributed by atoms with Crippen molar-refractivity contribution in [2.45, 2.75) is 75.2 Å². The Morgan fingerprint density at radius 3 is 0.892 bits per heavy atom. The first-order chi connectivity index (χ1) is 16.7. The summed E-state index contributed by atoms with van der Waals surface area (Å²) in [6, 6.07) is 2.30. The van der Waals surface area contributed by atoms with Crippen LogP contribution in [0.5, 0.6) is 0 Å². The lowest BCUT2D eigenvalue weighted by molar-refractivity contribution is -0.193. The number of carboxylic acid groups (broad SMARTS) is 3. The first kappa shape index (κ1) is 34.7. The van der Waals surface area contributed by atoms with Gasteiger partial charge in [0.1, 0.15) is 0 Å². The van der Waals surface area contributed by atoms with Gasteiger partial charge < -0.3 is 21.1 Å². The molecule has 0 aromatic carbocycles. The third-order valence-electron chi connectivity index (χ3n) is 5.40. The lowest BCUT2D eigenvalue weighted by Gasteiger charge is -2.41. The third kappa shape index (κ3) is 15.5. The second-order valence-corrected chi connectivity index (χ2v) is 8.28. The van der Waals surface area contributed by atoms with Crippen molar-refractivity contribution in [3.05, 3.63) is 0 Å². The highest BCUT2D eigenvalue weighted by molar-refractivity contribution is 5.73. The Bertz CT molecular complexity index is 669. The zero-order chi connectivity index (χ0) is 29.2. The quantitative estimate of drug-likeness (QED) is 0.372. The van der Waals surface area contributed by atoms with Crippen molar-refractivity contribution in [3.8, 4) is 0 Å². The van der Waals surface area contributed by atoms with Crippen molar-refractivity contribution < 1.29 is 69.2 Å². The number of alkyl halides is 9. The van der Waals surface area contributed by atoms with E-state index in [1.807, 2.05) is 0 Å². The van der Waals surface area contributed by atoms with Gasteiger partial charge in [-0.05, 0) is 38.5 Å². The summed E-state index contributed by atoms with van der Waals surface area (Å²) in [5.74, 6) is -8.27. The standard InChI is InChI=1S/C13H25N3.3C2HF3O2/c14-11-1-3-12(4-2-11)15-7-9-16(10-8-15)13-5-6-13;3*3-2(4,5)1(6)7/h11-13H,1-10,14H2;3*(H,6,7). The Morgan fingerprint density at radius 2 is 0.730 bits per heavy atom. The first-order valence-electron chi connectivity index (χ1n) is 10.8. The Morgan fingerprint density at radius 1 is 0.541 bits per heavy atom. The number of carboxylic acids is 3. The van der Waals surface area contributed by atoms with E-state index in [0.29, 0.717) is 6.04 Å². The van der Waals surface area contributed by atoms with Gasteiger partial charge in [0.25, 0.3) is 0 Å². The number of hydrogen-bond donors (Lipinski definition) is 4. The number of carbonyl (C=O) groups is 3. The van der Waals surface area contributed by atoms with Crippen LogP contribution < -0.4 is 5.73 Å².